The summed E-state index contributed by atoms with van der Waals surface area (Å²) in [5, 5.41) is 19.3. The number of aliphatic hydroxyl groups excluding tert-OH is 2. The fraction of sp³-hybridized carbons (Fsp3) is 0.500. The molecule has 0 radical (unpaired) electrons. The van der Waals surface area contributed by atoms with Crippen LogP contribution in [0.4, 0.5) is 0 Å². The minimum atomic E-state index is -1.24. The molecule has 2 aliphatic heterocycles. The van der Waals surface area contributed by atoms with Crippen molar-refractivity contribution in [2.45, 2.75) is 38.9 Å². The van der Waals surface area contributed by atoms with Gasteiger partial charge in [0.2, 0.25) is 0 Å². The Morgan fingerprint density at radius 2 is 2.11 bits per heavy atom. The molecule has 0 aromatic rings. The van der Waals surface area contributed by atoms with E-state index in [2.05, 4.69) is 0 Å². The molecule has 1 fully saturated rings. The molecule has 2 N–H and O–H groups in total. The van der Waals surface area contributed by atoms with Crippen molar-refractivity contribution >= 4 is 11.9 Å². The van der Waals surface area contributed by atoms with Gasteiger partial charge in [0, 0.05) is 6.42 Å². The molecule has 3 rings (SSSR count). The number of aliphatic hydroxyl groups is 2. The first kappa shape index (κ1) is 12.5. The van der Waals surface area contributed by atoms with Crippen molar-refractivity contribution < 1.29 is 29.3 Å². The third-order valence-corrected chi connectivity index (χ3v) is 2.90. The molecule has 2 bridgehead atoms. The molecular formula is C12H14O6. The average Bonchev–Trinajstić information content (AvgIpc) is 2.50. The molecule has 6 nitrogen and oxygen atoms in total. The highest BCUT2D eigenvalue weighted by Gasteiger charge is 2.38. The van der Waals surface area contributed by atoms with Gasteiger partial charge in [0.05, 0.1) is 11.1 Å². The summed E-state index contributed by atoms with van der Waals surface area (Å²) in [7, 11) is 0. The summed E-state index contributed by atoms with van der Waals surface area (Å²) in [6.45, 7) is 1.82. The molecule has 1 aliphatic carbocycles. The summed E-state index contributed by atoms with van der Waals surface area (Å²) in [5.74, 6) is -2.17. The minimum absolute atomic E-state index is 0.0188. The van der Waals surface area contributed by atoms with Gasteiger partial charge < -0.3 is 19.7 Å². The maximum atomic E-state index is 11.6. The van der Waals surface area contributed by atoms with Gasteiger partial charge in [-0.25, -0.2) is 4.79 Å². The molecule has 0 saturated carbocycles. The van der Waals surface area contributed by atoms with E-state index < -0.39 is 29.7 Å². The fourth-order valence-electron chi connectivity index (χ4n) is 1.94. The van der Waals surface area contributed by atoms with Crippen LogP contribution in [0.5, 0.6) is 0 Å². The zero-order valence-corrected chi connectivity index (χ0v) is 9.93. The van der Waals surface area contributed by atoms with Crippen molar-refractivity contribution in [1.29, 1.82) is 0 Å². The second-order valence-electron chi connectivity index (χ2n) is 4.18. The number of hydrogen-bond acceptors (Lipinski definition) is 6. The van der Waals surface area contributed by atoms with Gasteiger partial charge in [0.1, 0.15) is 0 Å². The second-order valence-corrected chi connectivity index (χ2v) is 4.18. The largest absolute Gasteiger partial charge is 0.504 e. The quantitative estimate of drug-likeness (QED) is 0.743. The van der Waals surface area contributed by atoms with Crippen LogP contribution in [0.3, 0.4) is 0 Å². The molecule has 2 heterocycles. The van der Waals surface area contributed by atoms with Crippen LogP contribution in [0.15, 0.2) is 22.7 Å². The van der Waals surface area contributed by atoms with Gasteiger partial charge in [-0.05, 0) is 19.3 Å². The summed E-state index contributed by atoms with van der Waals surface area (Å²) in [4.78, 5) is 23.0. The van der Waals surface area contributed by atoms with Crippen molar-refractivity contribution in [2.75, 3.05) is 0 Å². The molecule has 0 aromatic heterocycles. The van der Waals surface area contributed by atoms with E-state index >= 15 is 0 Å². The molecule has 0 aromatic carbocycles. The van der Waals surface area contributed by atoms with Gasteiger partial charge in [-0.2, -0.15) is 0 Å². The molecular weight excluding hydrogens is 240 g/mol. The van der Waals surface area contributed by atoms with Gasteiger partial charge in [0.15, 0.2) is 11.5 Å². The Morgan fingerprint density at radius 1 is 1.39 bits per heavy atom. The first-order chi connectivity index (χ1) is 8.54. The average molecular weight is 254 g/mol. The lowest BCUT2D eigenvalue weighted by Crippen LogP contribution is -2.24. The highest BCUT2D eigenvalue weighted by Crippen LogP contribution is 2.35. The summed E-state index contributed by atoms with van der Waals surface area (Å²) < 4.78 is 9.93. The van der Waals surface area contributed by atoms with E-state index in [9.17, 15) is 19.8 Å². The second kappa shape index (κ2) is 4.72. The van der Waals surface area contributed by atoms with Crippen LogP contribution in [-0.4, -0.2) is 28.4 Å². The van der Waals surface area contributed by atoms with E-state index in [0.29, 0.717) is 12.8 Å². The van der Waals surface area contributed by atoms with E-state index in [1.807, 2.05) is 6.92 Å². The Labute approximate surface area is 104 Å². The maximum absolute atomic E-state index is 11.6. The molecule has 1 saturated heterocycles. The minimum Gasteiger partial charge on any atom is -0.504 e. The van der Waals surface area contributed by atoms with E-state index in [0.717, 1.165) is 0 Å². The normalized spacial score (nSPS) is 22.9. The zero-order chi connectivity index (χ0) is 13.3. The topological polar surface area (TPSA) is 93.1 Å². The molecule has 1 atom stereocenters. The van der Waals surface area contributed by atoms with Crippen LogP contribution in [0.2, 0.25) is 0 Å². The molecule has 98 valence electrons. The number of carbonyl (C=O) groups excluding carboxylic acids is 2. The zero-order valence-electron chi connectivity index (χ0n) is 9.93. The van der Waals surface area contributed by atoms with Crippen LogP contribution in [0.25, 0.3) is 0 Å². The fourth-order valence-corrected chi connectivity index (χ4v) is 1.94. The van der Waals surface area contributed by atoms with E-state index in [4.69, 9.17) is 9.47 Å². The van der Waals surface area contributed by atoms with Gasteiger partial charge in [-0.15, -0.1) is 0 Å². The van der Waals surface area contributed by atoms with Crippen LogP contribution in [-0.2, 0) is 19.1 Å². The van der Waals surface area contributed by atoms with Crippen molar-refractivity contribution in [3.05, 3.63) is 22.7 Å². The van der Waals surface area contributed by atoms with E-state index in [1.54, 1.807) is 0 Å². The lowest BCUT2D eigenvalue weighted by molar-refractivity contribution is -0.177. The summed E-state index contributed by atoms with van der Waals surface area (Å²) in [5.41, 5.74) is 0.247. The van der Waals surface area contributed by atoms with Crippen LogP contribution in [0.1, 0.15) is 32.6 Å². The first-order valence-electron chi connectivity index (χ1n) is 5.79. The lowest BCUT2D eigenvalue weighted by atomic mass is 9.97. The predicted octanol–water partition coefficient (Wildman–Crippen LogP) is 1.63. The Balaban J connectivity index is 2.24. The summed E-state index contributed by atoms with van der Waals surface area (Å²) in [6, 6.07) is 0. The highest BCUT2D eigenvalue weighted by molar-refractivity contribution is 5.91. The van der Waals surface area contributed by atoms with Crippen molar-refractivity contribution in [2.24, 2.45) is 0 Å². The molecule has 18 heavy (non-hydrogen) atoms. The van der Waals surface area contributed by atoms with Crippen LogP contribution >= 0.6 is 0 Å². The number of rotatable bonds is 3. The maximum Gasteiger partial charge on any atom is 0.341 e. The predicted molar refractivity (Wildman–Crippen MR) is 59.4 cm³/mol. The summed E-state index contributed by atoms with van der Waals surface area (Å²) in [6.07, 6.45) is 0.166. The summed E-state index contributed by atoms with van der Waals surface area (Å²) >= 11 is 0. The molecule has 6 heteroatoms. The smallest absolute Gasteiger partial charge is 0.341 e. The Kier molecular flexibility index (Phi) is 3.27. The standard InChI is InChI=1S/C12H14O6/c1-2-3-8(13)17-12-7-5-4-6(11(16)18-12)9(14)10(7)15/h12,14-15H,2-5H2,1H3. The van der Waals surface area contributed by atoms with Crippen LogP contribution in [0, 0.1) is 0 Å². The molecule has 1 unspecified atom stereocenters. The van der Waals surface area contributed by atoms with Gasteiger partial charge in [0.25, 0.3) is 6.29 Å². The first-order valence-corrected chi connectivity index (χ1v) is 5.79. The highest BCUT2D eigenvalue weighted by atomic mass is 16.7. The number of hydrogen-bond donors (Lipinski definition) is 2. The Bertz CT molecular complexity index is 459. The van der Waals surface area contributed by atoms with E-state index in [1.165, 1.54) is 0 Å². The van der Waals surface area contributed by atoms with Gasteiger partial charge in [-0.1, -0.05) is 6.92 Å². The Hall–Kier alpha value is -1.98. The Morgan fingerprint density at radius 3 is 2.78 bits per heavy atom. The number of fused-ring (bicyclic) bond motifs is 4. The van der Waals surface area contributed by atoms with E-state index in [-0.39, 0.29) is 24.0 Å². The SMILES string of the molecule is CCCC(=O)OC1OC(=O)C2=C(O)C(O)=C1CC2. The van der Waals surface area contributed by atoms with Crippen molar-refractivity contribution in [3.63, 3.8) is 0 Å². The number of carbonyl (C=O) groups is 2. The number of ether oxygens (including phenoxy) is 2. The molecule has 3 aliphatic rings. The third-order valence-electron chi connectivity index (χ3n) is 2.90. The lowest BCUT2D eigenvalue weighted by Gasteiger charge is -2.18. The van der Waals surface area contributed by atoms with Gasteiger partial charge >= 0.3 is 11.9 Å². The van der Waals surface area contributed by atoms with Crippen molar-refractivity contribution in [3.8, 4) is 0 Å². The number of esters is 2. The van der Waals surface area contributed by atoms with Gasteiger partial charge in [-0.3, -0.25) is 4.79 Å². The van der Waals surface area contributed by atoms with Crippen molar-refractivity contribution in [1.82, 2.24) is 0 Å². The monoisotopic (exact) mass is 254 g/mol. The van der Waals surface area contributed by atoms with Crippen LogP contribution < -0.4 is 0 Å². The third kappa shape index (κ3) is 2.05. The molecule has 0 spiro atoms. The molecule has 0 amide bonds.